The molecule has 1 atom stereocenters. The van der Waals surface area contributed by atoms with Crippen LogP contribution < -0.4 is 16.4 Å². The summed E-state index contributed by atoms with van der Waals surface area (Å²) in [6.07, 6.45) is 0.933. The van der Waals surface area contributed by atoms with E-state index >= 15 is 0 Å². The summed E-state index contributed by atoms with van der Waals surface area (Å²) in [7, 11) is 0. The van der Waals surface area contributed by atoms with Gasteiger partial charge in [-0.2, -0.15) is 0 Å². The molecule has 0 aliphatic carbocycles. The average Bonchev–Trinajstić information content (AvgIpc) is 2.72. The lowest BCUT2D eigenvalue weighted by Gasteiger charge is -2.14. The zero-order valence-corrected chi connectivity index (χ0v) is 17.9. The summed E-state index contributed by atoms with van der Waals surface area (Å²) in [6.45, 7) is 7.70. The molecule has 30 heavy (non-hydrogen) atoms. The second-order valence-electron chi connectivity index (χ2n) is 6.99. The number of nitrogens with one attached hydrogen (secondary N) is 2. The number of amides is 1. The van der Waals surface area contributed by atoms with Gasteiger partial charge < -0.3 is 16.4 Å². The third kappa shape index (κ3) is 6.29. The van der Waals surface area contributed by atoms with Crippen LogP contribution in [0.3, 0.4) is 0 Å². The van der Waals surface area contributed by atoms with E-state index in [1.165, 1.54) is 6.92 Å². The van der Waals surface area contributed by atoms with Gasteiger partial charge in [0.1, 0.15) is 11.5 Å². The van der Waals surface area contributed by atoms with Crippen molar-refractivity contribution in [2.75, 3.05) is 11.9 Å². The Morgan fingerprint density at radius 1 is 1.10 bits per heavy atom. The Labute approximate surface area is 178 Å². The first-order valence-corrected chi connectivity index (χ1v) is 9.93. The Bertz CT molecular complexity index is 997. The first-order chi connectivity index (χ1) is 14.3. The zero-order valence-electron chi connectivity index (χ0n) is 17.9. The fourth-order valence-corrected chi connectivity index (χ4v) is 2.85. The maximum atomic E-state index is 12.4. The topological polar surface area (TPSA) is 97.1 Å². The van der Waals surface area contributed by atoms with Crippen LogP contribution in [0, 0.1) is 11.8 Å². The lowest BCUT2D eigenvalue weighted by molar-refractivity contribution is -0.117. The largest absolute Gasteiger partial charge is 0.402 e. The predicted octanol–water partition coefficient (Wildman–Crippen LogP) is 3.09. The van der Waals surface area contributed by atoms with Crippen molar-refractivity contribution in [3.8, 4) is 11.8 Å². The van der Waals surface area contributed by atoms with Gasteiger partial charge in [0.15, 0.2) is 5.78 Å². The number of nitrogens with two attached hydrogens (primary N) is 1. The SMILES string of the molecule is CCCNC(C)C(=O)Nc1ccc(/C(C(C)=O)=C(\C)N)c(C#Cc2ccccc2)n1. The summed E-state index contributed by atoms with van der Waals surface area (Å²) in [5.74, 6) is 6.08. The van der Waals surface area contributed by atoms with Gasteiger partial charge in [-0.15, -0.1) is 0 Å². The molecule has 6 nitrogen and oxygen atoms in total. The van der Waals surface area contributed by atoms with Crippen molar-refractivity contribution in [1.82, 2.24) is 10.3 Å². The quantitative estimate of drug-likeness (QED) is 0.487. The summed E-state index contributed by atoms with van der Waals surface area (Å²) >= 11 is 0. The first kappa shape index (κ1) is 22.9. The Morgan fingerprint density at radius 2 is 1.80 bits per heavy atom. The molecule has 1 unspecified atom stereocenters. The van der Waals surface area contributed by atoms with Crippen LogP contribution >= 0.6 is 0 Å². The number of allylic oxidation sites excluding steroid dienone is 2. The normalized spacial score (nSPS) is 12.3. The summed E-state index contributed by atoms with van der Waals surface area (Å²) in [5.41, 5.74) is 8.45. The number of nitrogens with zero attached hydrogens (tertiary/aromatic N) is 1. The van der Waals surface area contributed by atoms with Crippen molar-refractivity contribution in [1.29, 1.82) is 0 Å². The highest BCUT2D eigenvalue weighted by atomic mass is 16.2. The molecular formula is C24H28N4O2. The summed E-state index contributed by atoms with van der Waals surface area (Å²) in [6, 6.07) is 12.5. The van der Waals surface area contributed by atoms with Gasteiger partial charge in [0.2, 0.25) is 5.91 Å². The van der Waals surface area contributed by atoms with Crippen molar-refractivity contribution in [2.45, 2.75) is 40.2 Å². The number of carbonyl (C=O) groups excluding carboxylic acids is 2. The molecule has 0 aliphatic rings. The Balaban J connectivity index is 2.45. The molecule has 156 valence electrons. The van der Waals surface area contributed by atoms with E-state index in [4.69, 9.17) is 5.73 Å². The number of rotatable bonds is 7. The van der Waals surface area contributed by atoms with Gasteiger partial charge in [0.25, 0.3) is 0 Å². The van der Waals surface area contributed by atoms with Gasteiger partial charge in [-0.05, 0) is 63.9 Å². The van der Waals surface area contributed by atoms with Crippen LogP contribution in [0.5, 0.6) is 0 Å². The number of hydrogen-bond acceptors (Lipinski definition) is 5. The molecule has 6 heteroatoms. The molecule has 1 amide bonds. The molecular weight excluding hydrogens is 376 g/mol. The van der Waals surface area contributed by atoms with Gasteiger partial charge in [-0.3, -0.25) is 9.59 Å². The number of aromatic nitrogens is 1. The number of Topliss-reactive ketones (excluding diaryl/α,β-unsaturated/α-hetero) is 1. The third-order valence-corrected chi connectivity index (χ3v) is 4.36. The van der Waals surface area contributed by atoms with Crippen LogP contribution in [0.2, 0.25) is 0 Å². The number of anilines is 1. The molecule has 0 spiro atoms. The van der Waals surface area contributed by atoms with Gasteiger partial charge in [-0.25, -0.2) is 4.98 Å². The molecule has 4 N–H and O–H groups in total. The highest BCUT2D eigenvalue weighted by Gasteiger charge is 2.17. The van der Waals surface area contributed by atoms with Crippen LogP contribution in [0.1, 0.15) is 50.9 Å². The molecule has 0 saturated carbocycles. The van der Waals surface area contributed by atoms with Crippen molar-refractivity contribution < 1.29 is 9.59 Å². The maximum Gasteiger partial charge on any atom is 0.242 e. The first-order valence-electron chi connectivity index (χ1n) is 9.93. The second-order valence-corrected chi connectivity index (χ2v) is 6.99. The Kier molecular flexibility index (Phi) is 8.33. The van der Waals surface area contributed by atoms with Crippen LogP contribution in [0.4, 0.5) is 5.82 Å². The molecule has 2 aromatic rings. The van der Waals surface area contributed by atoms with Crippen LogP contribution in [0.15, 0.2) is 48.2 Å². The molecule has 0 bridgehead atoms. The van der Waals surface area contributed by atoms with Crippen molar-refractivity contribution in [2.24, 2.45) is 5.73 Å². The van der Waals surface area contributed by atoms with Gasteiger partial charge in [0.05, 0.1) is 6.04 Å². The number of carbonyl (C=O) groups is 2. The van der Waals surface area contributed by atoms with E-state index in [2.05, 4.69) is 27.5 Å². The van der Waals surface area contributed by atoms with E-state index in [9.17, 15) is 9.59 Å². The van der Waals surface area contributed by atoms with Crippen molar-refractivity contribution in [3.05, 3.63) is 65.0 Å². The zero-order chi connectivity index (χ0) is 22.1. The lowest BCUT2D eigenvalue weighted by Crippen LogP contribution is -2.38. The molecule has 0 fully saturated rings. The summed E-state index contributed by atoms with van der Waals surface area (Å²) < 4.78 is 0. The number of pyridine rings is 1. The van der Waals surface area contributed by atoms with E-state index in [1.807, 2.05) is 37.3 Å². The fourth-order valence-electron chi connectivity index (χ4n) is 2.85. The Hall–Kier alpha value is -3.43. The third-order valence-electron chi connectivity index (χ3n) is 4.36. The van der Waals surface area contributed by atoms with Gasteiger partial charge >= 0.3 is 0 Å². The number of ketones is 1. The minimum atomic E-state index is -0.357. The standard InChI is InChI=1S/C24H28N4O2/c1-5-15-26-17(3)24(30)28-22-14-12-20(23(16(2)25)18(4)29)21(27-22)13-11-19-9-7-6-8-10-19/h6-10,12,14,17,26H,5,15,25H2,1-4H3,(H,27,28,30)/b23-16+. The number of hydrogen-bond donors (Lipinski definition) is 3. The van der Waals surface area contributed by atoms with E-state index in [0.717, 1.165) is 18.5 Å². The fraction of sp³-hybridized carbons (Fsp3) is 0.292. The molecule has 1 heterocycles. The van der Waals surface area contributed by atoms with E-state index in [1.54, 1.807) is 26.0 Å². The smallest absolute Gasteiger partial charge is 0.242 e. The number of benzene rings is 1. The summed E-state index contributed by atoms with van der Waals surface area (Å²) in [4.78, 5) is 29.1. The van der Waals surface area contributed by atoms with Crippen LogP contribution in [0.25, 0.3) is 5.57 Å². The summed E-state index contributed by atoms with van der Waals surface area (Å²) in [5, 5.41) is 5.94. The molecule has 0 saturated heterocycles. The van der Waals surface area contributed by atoms with Crippen LogP contribution in [-0.4, -0.2) is 29.3 Å². The predicted molar refractivity (Wildman–Crippen MR) is 121 cm³/mol. The van der Waals surface area contributed by atoms with E-state index < -0.39 is 0 Å². The molecule has 0 radical (unpaired) electrons. The molecule has 1 aromatic heterocycles. The van der Waals surface area contributed by atoms with Crippen LogP contribution in [-0.2, 0) is 9.59 Å². The van der Waals surface area contributed by atoms with E-state index in [0.29, 0.717) is 28.3 Å². The minimum absolute atomic E-state index is 0.172. The average molecular weight is 405 g/mol. The van der Waals surface area contributed by atoms with E-state index in [-0.39, 0.29) is 17.7 Å². The van der Waals surface area contributed by atoms with Gasteiger partial charge in [0, 0.05) is 22.4 Å². The molecule has 0 aliphatic heterocycles. The highest BCUT2D eigenvalue weighted by Crippen LogP contribution is 2.22. The highest BCUT2D eigenvalue weighted by molar-refractivity contribution is 6.20. The Morgan fingerprint density at radius 3 is 2.40 bits per heavy atom. The molecule has 2 rings (SSSR count). The molecule has 1 aromatic carbocycles. The minimum Gasteiger partial charge on any atom is -0.402 e. The monoisotopic (exact) mass is 404 g/mol. The van der Waals surface area contributed by atoms with Gasteiger partial charge in [-0.1, -0.05) is 31.0 Å². The van der Waals surface area contributed by atoms with Crippen molar-refractivity contribution in [3.63, 3.8) is 0 Å². The van der Waals surface area contributed by atoms with Crippen molar-refractivity contribution >= 4 is 23.1 Å². The maximum absolute atomic E-state index is 12.4. The lowest BCUT2D eigenvalue weighted by atomic mass is 9.99. The second kappa shape index (κ2) is 10.9.